The van der Waals surface area contributed by atoms with Gasteiger partial charge in [-0.2, -0.15) is 0 Å². The van der Waals surface area contributed by atoms with E-state index >= 15 is 0 Å². The summed E-state index contributed by atoms with van der Waals surface area (Å²) in [5.41, 5.74) is 1.72. The van der Waals surface area contributed by atoms with Gasteiger partial charge < -0.3 is 14.5 Å². The van der Waals surface area contributed by atoms with Gasteiger partial charge in [0.2, 0.25) is 0 Å². The van der Waals surface area contributed by atoms with E-state index in [1.54, 1.807) is 24.3 Å². The molecule has 154 valence electrons. The van der Waals surface area contributed by atoms with Crippen molar-refractivity contribution in [3.63, 3.8) is 0 Å². The molecule has 0 saturated heterocycles. The molecular weight excluding hydrogens is 392 g/mol. The zero-order valence-electron chi connectivity index (χ0n) is 16.7. The molecular formula is C25H20N2O4. The van der Waals surface area contributed by atoms with Crippen LogP contribution in [0.25, 0.3) is 0 Å². The Morgan fingerprint density at radius 2 is 1.42 bits per heavy atom. The third-order valence-electron chi connectivity index (χ3n) is 4.63. The van der Waals surface area contributed by atoms with Crippen LogP contribution in [-0.4, -0.2) is 15.9 Å². The molecule has 1 N–H and O–H groups in total. The fourth-order valence-corrected chi connectivity index (χ4v) is 3.07. The Morgan fingerprint density at radius 1 is 0.806 bits per heavy atom. The Balaban J connectivity index is 1.45. The Kier molecular flexibility index (Phi) is 6.18. The Labute approximate surface area is 179 Å². The van der Waals surface area contributed by atoms with E-state index in [4.69, 9.17) is 9.47 Å². The molecule has 3 aromatic carbocycles. The number of nitrogens with one attached hydrogen (secondary N) is 1. The number of carbonyl (C=O) groups excluding carboxylic acids is 1. The normalized spacial score (nSPS) is 10.5. The van der Waals surface area contributed by atoms with Gasteiger partial charge in [0.05, 0.1) is 12.0 Å². The molecule has 1 aromatic heterocycles. The average Bonchev–Trinajstić information content (AvgIpc) is 2.80. The summed E-state index contributed by atoms with van der Waals surface area (Å²) in [4.78, 5) is 31.7. The Morgan fingerprint density at radius 3 is 2.10 bits per heavy atom. The van der Waals surface area contributed by atoms with Gasteiger partial charge in [-0.1, -0.05) is 60.7 Å². The maximum atomic E-state index is 12.7. The van der Waals surface area contributed by atoms with Gasteiger partial charge in [0.15, 0.2) is 0 Å². The van der Waals surface area contributed by atoms with Gasteiger partial charge in [0.25, 0.3) is 5.56 Å². The molecule has 0 aliphatic carbocycles. The minimum atomic E-state index is -0.752. The zero-order chi connectivity index (χ0) is 21.5. The molecule has 0 aliphatic heterocycles. The zero-order valence-corrected chi connectivity index (χ0v) is 16.7. The molecule has 0 radical (unpaired) electrons. The highest BCUT2D eigenvalue weighted by Gasteiger charge is 2.20. The van der Waals surface area contributed by atoms with E-state index < -0.39 is 11.5 Å². The molecule has 0 amide bonds. The van der Waals surface area contributed by atoms with E-state index in [9.17, 15) is 9.59 Å². The fraction of sp³-hybridized carbons (Fsp3) is 0.0800. The second kappa shape index (κ2) is 9.54. The van der Waals surface area contributed by atoms with Crippen LogP contribution in [0.1, 0.15) is 27.2 Å². The molecule has 0 spiro atoms. The summed E-state index contributed by atoms with van der Waals surface area (Å²) in [5, 5.41) is 0. The number of esters is 1. The lowest BCUT2D eigenvalue weighted by molar-refractivity contribution is 0.0731. The highest BCUT2D eigenvalue weighted by atomic mass is 16.5. The predicted molar refractivity (Wildman–Crippen MR) is 116 cm³/mol. The van der Waals surface area contributed by atoms with Crippen molar-refractivity contribution < 1.29 is 14.3 Å². The largest absolute Gasteiger partial charge is 0.489 e. The topological polar surface area (TPSA) is 81.3 Å². The van der Waals surface area contributed by atoms with Crippen molar-refractivity contribution in [2.45, 2.75) is 13.0 Å². The number of H-pyrrole nitrogens is 1. The minimum absolute atomic E-state index is 0.101. The molecule has 0 saturated carbocycles. The van der Waals surface area contributed by atoms with Crippen molar-refractivity contribution in [3.05, 3.63) is 124 Å². The molecule has 4 aromatic rings. The summed E-state index contributed by atoms with van der Waals surface area (Å²) in [6.45, 7) is 0.438. The van der Waals surface area contributed by atoms with E-state index in [-0.39, 0.29) is 5.56 Å². The van der Waals surface area contributed by atoms with Gasteiger partial charge >= 0.3 is 5.97 Å². The number of hydrogen-bond acceptors (Lipinski definition) is 5. The molecule has 1 heterocycles. The Bertz CT molecular complexity index is 1200. The second-order valence-electron chi connectivity index (χ2n) is 6.85. The predicted octanol–water partition coefficient (Wildman–Crippen LogP) is 4.16. The lowest BCUT2D eigenvalue weighted by Gasteiger charge is -2.09. The van der Waals surface area contributed by atoms with Crippen LogP contribution in [0.2, 0.25) is 0 Å². The smallest absolute Gasteiger partial charge is 0.351 e. The number of benzene rings is 3. The van der Waals surface area contributed by atoms with Crippen LogP contribution >= 0.6 is 0 Å². The van der Waals surface area contributed by atoms with Gasteiger partial charge in [-0.3, -0.25) is 4.79 Å². The number of aromatic amines is 1. The molecule has 31 heavy (non-hydrogen) atoms. The van der Waals surface area contributed by atoms with Crippen LogP contribution < -0.4 is 15.0 Å². The summed E-state index contributed by atoms with van der Waals surface area (Å²) in [6, 6.07) is 26.0. The molecule has 6 nitrogen and oxygen atoms in total. The first-order chi connectivity index (χ1) is 15.2. The average molecular weight is 412 g/mol. The Hall–Kier alpha value is -4.19. The second-order valence-corrected chi connectivity index (χ2v) is 6.85. The first-order valence-electron chi connectivity index (χ1n) is 9.78. The van der Waals surface area contributed by atoms with Crippen molar-refractivity contribution in [1.82, 2.24) is 9.97 Å². The third kappa shape index (κ3) is 5.25. The van der Waals surface area contributed by atoms with Crippen LogP contribution in [-0.2, 0) is 13.0 Å². The molecule has 0 bridgehead atoms. The van der Waals surface area contributed by atoms with Gasteiger partial charge in [-0.05, 0) is 35.4 Å². The fourth-order valence-electron chi connectivity index (χ4n) is 3.07. The molecule has 0 atom stereocenters. The maximum Gasteiger partial charge on any atom is 0.351 e. The van der Waals surface area contributed by atoms with Crippen LogP contribution in [0.3, 0.4) is 0 Å². The van der Waals surface area contributed by atoms with Crippen molar-refractivity contribution in [2.24, 2.45) is 0 Å². The number of ether oxygens (including phenoxy) is 2. The molecule has 4 rings (SSSR count). The summed E-state index contributed by atoms with van der Waals surface area (Å²) in [6.07, 6.45) is 1.64. The van der Waals surface area contributed by atoms with Crippen LogP contribution in [0.5, 0.6) is 11.5 Å². The number of hydrogen-bond donors (Lipinski definition) is 1. The van der Waals surface area contributed by atoms with Crippen molar-refractivity contribution in [3.8, 4) is 11.5 Å². The highest BCUT2D eigenvalue weighted by molar-refractivity contribution is 5.91. The lowest BCUT2D eigenvalue weighted by atomic mass is 10.1. The van der Waals surface area contributed by atoms with Crippen LogP contribution in [0.4, 0.5) is 0 Å². The van der Waals surface area contributed by atoms with Gasteiger partial charge in [-0.25, -0.2) is 9.78 Å². The summed E-state index contributed by atoms with van der Waals surface area (Å²) in [7, 11) is 0. The summed E-state index contributed by atoms with van der Waals surface area (Å²) in [5.74, 6) is 0.205. The first kappa shape index (κ1) is 20.1. The third-order valence-corrected chi connectivity index (χ3v) is 4.63. The number of nitrogens with zero attached hydrogens (tertiary/aromatic N) is 1. The highest BCUT2D eigenvalue weighted by Crippen LogP contribution is 2.20. The van der Waals surface area contributed by atoms with Crippen LogP contribution in [0, 0.1) is 0 Å². The van der Waals surface area contributed by atoms with Crippen LogP contribution in [0.15, 0.2) is 96.1 Å². The quantitative estimate of drug-likeness (QED) is 0.364. The molecule has 0 aliphatic rings. The van der Waals surface area contributed by atoms with E-state index in [2.05, 4.69) is 9.97 Å². The molecule has 0 unspecified atom stereocenters. The minimum Gasteiger partial charge on any atom is -0.489 e. The van der Waals surface area contributed by atoms with Crippen molar-refractivity contribution in [2.75, 3.05) is 0 Å². The number of carbonyl (C=O) groups is 1. The molecule has 6 heteroatoms. The summed E-state index contributed by atoms with van der Waals surface area (Å²) < 4.78 is 11.2. The van der Waals surface area contributed by atoms with Gasteiger partial charge in [-0.15, -0.1) is 0 Å². The van der Waals surface area contributed by atoms with Gasteiger partial charge in [0.1, 0.15) is 23.7 Å². The number of rotatable bonds is 7. The monoisotopic (exact) mass is 412 g/mol. The van der Waals surface area contributed by atoms with Gasteiger partial charge in [0, 0.05) is 6.42 Å². The molecule has 0 fully saturated rings. The van der Waals surface area contributed by atoms with E-state index in [1.807, 2.05) is 60.7 Å². The van der Waals surface area contributed by atoms with E-state index in [1.165, 1.54) is 6.33 Å². The number of aromatic nitrogens is 2. The lowest BCUT2D eigenvalue weighted by Crippen LogP contribution is -2.25. The summed E-state index contributed by atoms with van der Waals surface area (Å²) >= 11 is 0. The SMILES string of the molecule is O=C(Oc1ccc(OCc2ccccc2)cc1)c1c(Cc2ccccc2)nc[nH]c1=O. The van der Waals surface area contributed by atoms with E-state index in [0.29, 0.717) is 30.2 Å². The standard InChI is InChI=1S/C25H20N2O4/c28-24-23(22(26-17-27-24)15-18-7-3-1-4-8-18)25(29)31-21-13-11-20(12-14-21)30-16-19-9-5-2-6-10-19/h1-14,17H,15-16H2,(H,26,27,28). The van der Waals surface area contributed by atoms with E-state index in [0.717, 1.165) is 11.1 Å². The van der Waals surface area contributed by atoms with Crippen molar-refractivity contribution >= 4 is 5.97 Å². The first-order valence-corrected chi connectivity index (χ1v) is 9.78. The maximum absolute atomic E-state index is 12.7. The van der Waals surface area contributed by atoms with Crippen molar-refractivity contribution in [1.29, 1.82) is 0 Å².